The standard InChI is InChI=1S/C13H20N2OS/c1-9(2)15-12(13(14)16)8-17-11-6-4-5-10(3)7-11/h4-7,9,12,15H,8H2,1-3H3,(H2,14,16). The van der Waals surface area contributed by atoms with Crippen LogP contribution in [0.2, 0.25) is 0 Å². The lowest BCUT2D eigenvalue weighted by atomic mass is 10.2. The predicted molar refractivity (Wildman–Crippen MR) is 73.2 cm³/mol. The lowest BCUT2D eigenvalue weighted by Crippen LogP contribution is -2.46. The molecule has 1 aromatic rings. The first-order valence-electron chi connectivity index (χ1n) is 5.74. The third kappa shape index (κ3) is 5.24. The zero-order valence-electron chi connectivity index (χ0n) is 10.6. The largest absolute Gasteiger partial charge is 0.368 e. The first-order chi connectivity index (χ1) is 7.99. The van der Waals surface area contributed by atoms with E-state index >= 15 is 0 Å². The highest BCUT2D eigenvalue weighted by molar-refractivity contribution is 7.99. The van der Waals surface area contributed by atoms with Gasteiger partial charge in [0, 0.05) is 16.7 Å². The van der Waals surface area contributed by atoms with Crippen LogP contribution in [-0.2, 0) is 4.79 Å². The van der Waals surface area contributed by atoms with E-state index in [9.17, 15) is 4.79 Å². The monoisotopic (exact) mass is 252 g/mol. The number of carbonyl (C=O) groups excluding carboxylic acids is 1. The molecule has 94 valence electrons. The SMILES string of the molecule is Cc1cccc(SCC(NC(C)C)C(N)=O)c1. The summed E-state index contributed by atoms with van der Waals surface area (Å²) in [6.45, 7) is 6.07. The normalized spacial score (nSPS) is 12.7. The Morgan fingerprint density at radius 2 is 2.18 bits per heavy atom. The fraction of sp³-hybridized carbons (Fsp3) is 0.462. The average Bonchev–Trinajstić information content (AvgIpc) is 2.23. The van der Waals surface area contributed by atoms with Crippen molar-refractivity contribution in [2.45, 2.75) is 37.8 Å². The van der Waals surface area contributed by atoms with Gasteiger partial charge in [0.2, 0.25) is 5.91 Å². The Bertz CT molecular complexity index is 379. The number of primary amides is 1. The third-order valence-corrected chi connectivity index (χ3v) is 3.37. The molecular weight excluding hydrogens is 232 g/mol. The molecule has 1 rings (SSSR count). The summed E-state index contributed by atoms with van der Waals surface area (Å²) in [5.41, 5.74) is 6.59. The fourth-order valence-corrected chi connectivity index (χ4v) is 2.56. The molecule has 1 aromatic carbocycles. The minimum atomic E-state index is -0.293. The molecule has 17 heavy (non-hydrogen) atoms. The summed E-state index contributed by atoms with van der Waals surface area (Å²) in [5, 5.41) is 3.17. The summed E-state index contributed by atoms with van der Waals surface area (Å²) in [7, 11) is 0. The number of thioether (sulfide) groups is 1. The van der Waals surface area contributed by atoms with Gasteiger partial charge < -0.3 is 11.1 Å². The topological polar surface area (TPSA) is 55.1 Å². The molecule has 0 aliphatic carbocycles. The molecule has 1 amide bonds. The molecule has 3 N–H and O–H groups in total. The highest BCUT2D eigenvalue weighted by Gasteiger charge is 2.16. The van der Waals surface area contributed by atoms with Crippen LogP contribution >= 0.6 is 11.8 Å². The highest BCUT2D eigenvalue weighted by atomic mass is 32.2. The van der Waals surface area contributed by atoms with Crippen molar-refractivity contribution < 1.29 is 4.79 Å². The van der Waals surface area contributed by atoms with Crippen LogP contribution in [0.5, 0.6) is 0 Å². The molecular formula is C13H20N2OS. The number of hydrogen-bond donors (Lipinski definition) is 2. The van der Waals surface area contributed by atoms with Gasteiger partial charge in [-0.2, -0.15) is 0 Å². The number of amides is 1. The van der Waals surface area contributed by atoms with Crippen molar-refractivity contribution in [3.05, 3.63) is 29.8 Å². The summed E-state index contributed by atoms with van der Waals surface area (Å²) < 4.78 is 0. The van der Waals surface area contributed by atoms with Crippen molar-refractivity contribution in [1.82, 2.24) is 5.32 Å². The maximum absolute atomic E-state index is 11.3. The maximum atomic E-state index is 11.3. The minimum absolute atomic E-state index is 0.255. The van der Waals surface area contributed by atoms with Crippen molar-refractivity contribution in [2.24, 2.45) is 5.73 Å². The van der Waals surface area contributed by atoms with Gasteiger partial charge in [-0.15, -0.1) is 11.8 Å². The van der Waals surface area contributed by atoms with E-state index in [0.29, 0.717) is 5.75 Å². The van der Waals surface area contributed by atoms with Gasteiger partial charge in [0.1, 0.15) is 0 Å². The van der Waals surface area contributed by atoms with Crippen LogP contribution in [0.25, 0.3) is 0 Å². The number of hydrogen-bond acceptors (Lipinski definition) is 3. The molecule has 0 saturated heterocycles. The average molecular weight is 252 g/mol. The van der Waals surface area contributed by atoms with Gasteiger partial charge in [-0.3, -0.25) is 4.79 Å². The van der Waals surface area contributed by atoms with Crippen LogP contribution in [0.3, 0.4) is 0 Å². The maximum Gasteiger partial charge on any atom is 0.235 e. The Hall–Kier alpha value is -1.00. The van der Waals surface area contributed by atoms with Gasteiger partial charge in [-0.25, -0.2) is 0 Å². The number of nitrogens with two attached hydrogens (primary N) is 1. The van der Waals surface area contributed by atoms with Crippen LogP contribution in [0.4, 0.5) is 0 Å². The molecule has 0 heterocycles. The highest BCUT2D eigenvalue weighted by Crippen LogP contribution is 2.19. The van der Waals surface area contributed by atoms with Gasteiger partial charge in [0.05, 0.1) is 6.04 Å². The first-order valence-corrected chi connectivity index (χ1v) is 6.72. The van der Waals surface area contributed by atoms with Crippen LogP contribution in [0.15, 0.2) is 29.2 Å². The molecule has 0 aromatic heterocycles. The van der Waals surface area contributed by atoms with Crippen LogP contribution in [-0.4, -0.2) is 23.7 Å². The van der Waals surface area contributed by atoms with Gasteiger partial charge in [-0.1, -0.05) is 31.5 Å². The van der Waals surface area contributed by atoms with E-state index in [0.717, 1.165) is 0 Å². The summed E-state index contributed by atoms with van der Waals surface area (Å²) >= 11 is 1.65. The number of benzene rings is 1. The van der Waals surface area contributed by atoms with Crippen molar-refractivity contribution in [1.29, 1.82) is 0 Å². The van der Waals surface area contributed by atoms with Gasteiger partial charge >= 0.3 is 0 Å². The summed E-state index contributed by atoms with van der Waals surface area (Å²) in [6, 6.07) is 8.21. The van der Waals surface area contributed by atoms with E-state index in [2.05, 4.69) is 24.4 Å². The van der Waals surface area contributed by atoms with E-state index in [1.165, 1.54) is 10.5 Å². The Morgan fingerprint density at radius 1 is 1.47 bits per heavy atom. The summed E-state index contributed by atoms with van der Waals surface area (Å²) in [4.78, 5) is 12.4. The molecule has 0 radical (unpaired) electrons. The van der Waals surface area contributed by atoms with E-state index in [-0.39, 0.29) is 18.0 Å². The van der Waals surface area contributed by atoms with E-state index in [1.807, 2.05) is 26.0 Å². The Kier molecular flexibility index (Phi) is 5.51. The smallest absolute Gasteiger partial charge is 0.235 e. The van der Waals surface area contributed by atoms with Gasteiger partial charge in [0.25, 0.3) is 0 Å². The first kappa shape index (κ1) is 14.1. The fourth-order valence-electron chi connectivity index (χ4n) is 1.50. The molecule has 1 atom stereocenters. The van der Waals surface area contributed by atoms with Crippen molar-refractivity contribution in [3.63, 3.8) is 0 Å². The summed E-state index contributed by atoms with van der Waals surface area (Å²) in [5.74, 6) is 0.371. The molecule has 4 heteroatoms. The molecule has 0 saturated carbocycles. The van der Waals surface area contributed by atoms with Gasteiger partial charge in [0.15, 0.2) is 0 Å². The van der Waals surface area contributed by atoms with Crippen molar-refractivity contribution in [3.8, 4) is 0 Å². The molecule has 0 aliphatic heterocycles. The molecule has 1 unspecified atom stereocenters. The number of rotatable bonds is 6. The molecule has 0 aliphatic rings. The lowest BCUT2D eigenvalue weighted by molar-refractivity contribution is -0.119. The minimum Gasteiger partial charge on any atom is -0.368 e. The van der Waals surface area contributed by atoms with E-state index < -0.39 is 0 Å². The molecule has 0 bridgehead atoms. The van der Waals surface area contributed by atoms with E-state index in [4.69, 9.17) is 5.73 Å². The summed E-state index contributed by atoms with van der Waals surface area (Å²) in [6.07, 6.45) is 0. The lowest BCUT2D eigenvalue weighted by Gasteiger charge is -2.17. The Balaban J connectivity index is 2.54. The predicted octanol–water partition coefficient (Wildman–Crippen LogP) is 1.94. The Labute approximate surface area is 107 Å². The van der Waals surface area contributed by atoms with Crippen molar-refractivity contribution >= 4 is 17.7 Å². The van der Waals surface area contributed by atoms with Crippen molar-refractivity contribution in [2.75, 3.05) is 5.75 Å². The zero-order chi connectivity index (χ0) is 12.8. The van der Waals surface area contributed by atoms with Crippen LogP contribution in [0.1, 0.15) is 19.4 Å². The number of carbonyl (C=O) groups is 1. The van der Waals surface area contributed by atoms with Crippen LogP contribution in [0, 0.1) is 6.92 Å². The molecule has 0 fully saturated rings. The van der Waals surface area contributed by atoms with Gasteiger partial charge in [-0.05, 0) is 19.1 Å². The second-order valence-corrected chi connectivity index (χ2v) is 5.50. The van der Waals surface area contributed by atoms with Crippen LogP contribution < -0.4 is 11.1 Å². The number of aryl methyl sites for hydroxylation is 1. The zero-order valence-corrected chi connectivity index (χ0v) is 11.4. The number of nitrogens with one attached hydrogen (secondary N) is 1. The second-order valence-electron chi connectivity index (χ2n) is 4.40. The third-order valence-electron chi connectivity index (χ3n) is 2.28. The Morgan fingerprint density at radius 3 is 2.71 bits per heavy atom. The second kappa shape index (κ2) is 6.67. The van der Waals surface area contributed by atoms with E-state index in [1.54, 1.807) is 11.8 Å². The quantitative estimate of drug-likeness (QED) is 0.761. The molecule has 3 nitrogen and oxygen atoms in total. The molecule has 0 spiro atoms.